The zero-order valence-electron chi connectivity index (χ0n) is 10.3. The van der Waals surface area contributed by atoms with Crippen molar-refractivity contribution in [1.29, 1.82) is 0 Å². The third-order valence-electron chi connectivity index (χ3n) is 2.53. The van der Waals surface area contributed by atoms with Crippen LogP contribution in [0.5, 0.6) is 0 Å². The Labute approximate surface area is 97.9 Å². The predicted octanol–water partition coefficient (Wildman–Crippen LogP) is 4.01. The Morgan fingerprint density at radius 2 is 2.00 bits per heavy atom. The average molecular weight is 225 g/mol. The van der Waals surface area contributed by atoms with E-state index < -0.39 is 0 Å². The Morgan fingerprint density at radius 3 is 2.47 bits per heavy atom. The zero-order valence-corrected chi connectivity index (χ0v) is 11.2. The van der Waals surface area contributed by atoms with E-state index in [1.54, 1.807) is 0 Å². The molecule has 0 amide bonds. The van der Waals surface area contributed by atoms with Gasteiger partial charge in [0.05, 0.1) is 0 Å². The van der Waals surface area contributed by atoms with Crippen molar-refractivity contribution in [3.05, 3.63) is 21.9 Å². The molecule has 0 bridgehead atoms. The number of hydrogen-bond donors (Lipinski definition) is 1. The first-order valence-electron chi connectivity index (χ1n) is 5.99. The minimum Gasteiger partial charge on any atom is -0.310 e. The van der Waals surface area contributed by atoms with Crippen molar-refractivity contribution in [3.63, 3.8) is 0 Å². The van der Waals surface area contributed by atoms with Gasteiger partial charge in [-0.25, -0.2) is 0 Å². The second-order valence-electron chi connectivity index (χ2n) is 4.40. The molecular formula is C13H23NS. The number of nitrogens with one attached hydrogen (secondary N) is 1. The van der Waals surface area contributed by atoms with Crippen molar-refractivity contribution >= 4 is 11.3 Å². The summed E-state index contributed by atoms with van der Waals surface area (Å²) in [5.74, 6) is 0.751. The zero-order chi connectivity index (χ0) is 11.3. The van der Waals surface area contributed by atoms with E-state index in [1.807, 2.05) is 11.3 Å². The van der Waals surface area contributed by atoms with Crippen LogP contribution in [0.15, 0.2) is 12.1 Å². The van der Waals surface area contributed by atoms with Gasteiger partial charge in [-0.15, -0.1) is 11.3 Å². The van der Waals surface area contributed by atoms with Crippen LogP contribution in [-0.4, -0.2) is 6.54 Å². The highest BCUT2D eigenvalue weighted by Crippen LogP contribution is 2.28. The van der Waals surface area contributed by atoms with Crippen LogP contribution in [0.1, 0.15) is 49.9 Å². The molecule has 0 saturated heterocycles. The predicted molar refractivity (Wildman–Crippen MR) is 69.6 cm³/mol. The van der Waals surface area contributed by atoms with Gasteiger partial charge in [-0.2, -0.15) is 0 Å². The molecule has 1 rings (SSSR count). The fraction of sp³-hybridized carbons (Fsp3) is 0.692. The maximum atomic E-state index is 3.58. The second kappa shape index (κ2) is 6.29. The molecule has 0 fully saturated rings. The average Bonchev–Trinajstić information content (AvgIpc) is 2.64. The maximum Gasteiger partial charge on any atom is 0.0417 e. The van der Waals surface area contributed by atoms with Gasteiger partial charge in [0.2, 0.25) is 0 Å². The maximum absolute atomic E-state index is 3.58. The van der Waals surface area contributed by atoms with Gasteiger partial charge in [0, 0.05) is 15.8 Å². The molecule has 0 aliphatic carbocycles. The summed E-state index contributed by atoms with van der Waals surface area (Å²) in [6.07, 6.45) is 2.39. The van der Waals surface area contributed by atoms with E-state index in [9.17, 15) is 0 Å². The molecule has 15 heavy (non-hydrogen) atoms. The Bertz CT molecular complexity index is 278. The van der Waals surface area contributed by atoms with Crippen LogP contribution >= 0.6 is 11.3 Å². The van der Waals surface area contributed by atoms with Crippen molar-refractivity contribution < 1.29 is 0 Å². The van der Waals surface area contributed by atoms with Gasteiger partial charge in [-0.3, -0.25) is 0 Å². The number of hydrogen-bond acceptors (Lipinski definition) is 2. The molecule has 1 nitrogen and oxygen atoms in total. The molecule has 0 aliphatic heterocycles. The van der Waals surface area contributed by atoms with Gasteiger partial charge < -0.3 is 5.32 Å². The monoisotopic (exact) mass is 225 g/mol. The Morgan fingerprint density at radius 1 is 1.27 bits per heavy atom. The van der Waals surface area contributed by atoms with Crippen molar-refractivity contribution in [3.8, 4) is 0 Å². The molecule has 0 aliphatic rings. The third kappa shape index (κ3) is 3.96. The molecule has 1 N–H and O–H groups in total. The lowest BCUT2D eigenvalue weighted by Crippen LogP contribution is -2.21. The van der Waals surface area contributed by atoms with Crippen LogP contribution < -0.4 is 5.32 Å². The quantitative estimate of drug-likeness (QED) is 0.771. The van der Waals surface area contributed by atoms with Crippen LogP contribution in [0.3, 0.4) is 0 Å². The Balaban J connectivity index is 2.69. The largest absolute Gasteiger partial charge is 0.310 e. The van der Waals surface area contributed by atoms with Gasteiger partial charge >= 0.3 is 0 Å². The van der Waals surface area contributed by atoms with Crippen molar-refractivity contribution in [2.24, 2.45) is 5.92 Å². The van der Waals surface area contributed by atoms with Crippen LogP contribution in [0.25, 0.3) is 0 Å². The van der Waals surface area contributed by atoms with E-state index in [0.29, 0.717) is 6.04 Å². The van der Waals surface area contributed by atoms with Gasteiger partial charge in [0.15, 0.2) is 0 Å². The summed E-state index contributed by atoms with van der Waals surface area (Å²) >= 11 is 1.96. The first-order chi connectivity index (χ1) is 7.17. The number of aryl methyl sites for hydroxylation is 1. The normalized spacial score (nSPS) is 13.4. The van der Waals surface area contributed by atoms with E-state index in [4.69, 9.17) is 0 Å². The van der Waals surface area contributed by atoms with E-state index in [-0.39, 0.29) is 0 Å². The van der Waals surface area contributed by atoms with Gasteiger partial charge in [-0.1, -0.05) is 27.7 Å². The summed E-state index contributed by atoms with van der Waals surface area (Å²) in [5, 5.41) is 3.58. The lowest BCUT2D eigenvalue weighted by molar-refractivity contribution is 0.443. The topological polar surface area (TPSA) is 12.0 Å². The SMILES string of the molecule is CCNC(CC(C)C)c1ccc(CC)s1. The smallest absolute Gasteiger partial charge is 0.0417 e. The molecular weight excluding hydrogens is 202 g/mol. The summed E-state index contributed by atoms with van der Waals surface area (Å²) in [6.45, 7) is 10.0. The molecule has 86 valence electrons. The molecule has 1 aromatic rings. The minimum absolute atomic E-state index is 0.556. The van der Waals surface area contributed by atoms with Crippen molar-refractivity contribution in [2.75, 3.05) is 6.54 Å². The van der Waals surface area contributed by atoms with E-state index >= 15 is 0 Å². The van der Waals surface area contributed by atoms with Crippen LogP contribution in [0.4, 0.5) is 0 Å². The lowest BCUT2D eigenvalue weighted by Gasteiger charge is -2.18. The van der Waals surface area contributed by atoms with Gasteiger partial charge in [0.1, 0.15) is 0 Å². The first-order valence-corrected chi connectivity index (χ1v) is 6.81. The summed E-state index contributed by atoms with van der Waals surface area (Å²) in [4.78, 5) is 3.00. The lowest BCUT2D eigenvalue weighted by atomic mass is 10.0. The molecule has 0 radical (unpaired) electrons. The van der Waals surface area contributed by atoms with E-state index in [1.165, 1.54) is 16.2 Å². The van der Waals surface area contributed by atoms with Gasteiger partial charge in [0.25, 0.3) is 0 Å². The first kappa shape index (κ1) is 12.7. The van der Waals surface area contributed by atoms with E-state index in [2.05, 4.69) is 45.1 Å². The molecule has 1 unspecified atom stereocenters. The second-order valence-corrected chi connectivity index (χ2v) is 5.60. The van der Waals surface area contributed by atoms with Crippen LogP contribution in [0, 0.1) is 5.92 Å². The van der Waals surface area contributed by atoms with E-state index in [0.717, 1.165) is 18.9 Å². The Kier molecular flexibility index (Phi) is 5.34. The number of thiophene rings is 1. The fourth-order valence-corrected chi connectivity index (χ4v) is 2.83. The fourth-order valence-electron chi connectivity index (χ4n) is 1.79. The highest BCUT2D eigenvalue weighted by atomic mass is 32.1. The molecule has 0 aromatic carbocycles. The Hall–Kier alpha value is -0.340. The van der Waals surface area contributed by atoms with Crippen LogP contribution in [-0.2, 0) is 6.42 Å². The summed E-state index contributed by atoms with van der Waals surface area (Å²) in [5.41, 5.74) is 0. The molecule has 1 atom stereocenters. The highest BCUT2D eigenvalue weighted by molar-refractivity contribution is 7.12. The minimum atomic E-state index is 0.556. The van der Waals surface area contributed by atoms with Crippen molar-refractivity contribution in [1.82, 2.24) is 5.32 Å². The molecule has 1 aromatic heterocycles. The summed E-state index contributed by atoms with van der Waals surface area (Å²) in [7, 11) is 0. The molecule has 0 spiro atoms. The number of rotatable bonds is 6. The highest BCUT2D eigenvalue weighted by Gasteiger charge is 2.13. The van der Waals surface area contributed by atoms with Gasteiger partial charge in [-0.05, 0) is 37.4 Å². The molecule has 1 heterocycles. The molecule has 2 heteroatoms. The third-order valence-corrected chi connectivity index (χ3v) is 3.88. The summed E-state index contributed by atoms with van der Waals surface area (Å²) in [6, 6.07) is 5.12. The standard InChI is InChI=1S/C13H23NS/c1-5-11-7-8-13(15-11)12(14-6-2)9-10(3)4/h7-8,10,12,14H,5-6,9H2,1-4H3. The van der Waals surface area contributed by atoms with Crippen LogP contribution in [0.2, 0.25) is 0 Å². The molecule has 0 saturated carbocycles. The van der Waals surface area contributed by atoms with Crippen molar-refractivity contribution in [2.45, 2.75) is 46.6 Å². The summed E-state index contributed by atoms with van der Waals surface area (Å²) < 4.78 is 0.